The summed E-state index contributed by atoms with van der Waals surface area (Å²) < 4.78 is 12.5. The molecule has 1 aliphatic rings. The fourth-order valence-electron chi connectivity index (χ4n) is 2.58. The second-order valence-corrected chi connectivity index (χ2v) is 6.11. The Morgan fingerprint density at radius 1 is 1.32 bits per heavy atom. The summed E-state index contributed by atoms with van der Waals surface area (Å²) in [6.45, 7) is 7.47. The molecule has 1 heterocycles. The van der Waals surface area contributed by atoms with Crippen LogP contribution in [0, 0.1) is 20.8 Å². The van der Waals surface area contributed by atoms with Gasteiger partial charge in [0.2, 0.25) is 0 Å². The van der Waals surface area contributed by atoms with Crippen LogP contribution in [0.15, 0.2) is 0 Å². The quantitative estimate of drug-likeness (QED) is 0.351. The predicted molar refractivity (Wildman–Crippen MR) is 83.6 cm³/mol. The second-order valence-electron chi connectivity index (χ2n) is 5.03. The van der Waals surface area contributed by atoms with Gasteiger partial charge in [-0.05, 0) is 43.9 Å². The Morgan fingerprint density at radius 2 is 2.00 bits per heavy atom. The minimum absolute atomic E-state index is 0.260. The molecule has 0 fully saturated rings. The molecule has 1 unspecified atom stereocenters. The number of rotatable bonds is 3. The predicted octanol–water partition coefficient (Wildman–Crippen LogP) is 3.67. The van der Waals surface area contributed by atoms with Crippen molar-refractivity contribution in [2.45, 2.75) is 46.6 Å². The molecule has 0 amide bonds. The molecule has 1 atom stereocenters. The molecule has 4 heteroatoms. The molecular weight excluding hydrogens is 355 g/mol. The minimum atomic E-state index is -0.270. The van der Waals surface area contributed by atoms with Crippen LogP contribution < -0.4 is 9.47 Å². The highest BCUT2D eigenvalue weighted by molar-refractivity contribution is 14.1. The van der Waals surface area contributed by atoms with Gasteiger partial charge in [-0.15, -0.1) is 0 Å². The Morgan fingerprint density at radius 3 is 2.58 bits per heavy atom. The molecule has 0 saturated heterocycles. The molecule has 3 nitrogen and oxygen atoms in total. The van der Waals surface area contributed by atoms with E-state index in [-0.39, 0.29) is 12.1 Å². The van der Waals surface area contributed by atoms with Crippen LogP contribution >= 0.6 is 22.6 Å². The van der Waals surface area contributed by atoms with Crippen LogP contribution in [-0.2, 0) is 11.2 Å². The Bertz CT molecular complexity index is 523. The van der Waals surface area contributed by atoms with E-state index in [0.717, 1.165) is 39.7 Å². The SMILES string of the molecule is CC(=O)Oc1c(C)c(C)c2c(c1C)CC(CCI)O2. The summed E-state index contributed by atoms with van der Waals surface area (Å²) in [5, 5.41) is 0. The maximum absolute atomic E-state index is 11.2. The number of benzene rings is 1. The first kappa shape index (κ1) is 14.6. The zero-order valence-corrected chi connectivity index (χ0v) is 14.0. The van der Waals surface area contributed by atoms with Crippen LogP contribution in [0.25, 0.3) is 0 Å². The highest BCUT2D eigenvalue weighted by atomic mass is 127. The van der Waals surface area contributed by atoms with Gasteiger partial charge in [-0.25, -0.2) is 0 Å². The van der Waals surface area contributed by atoms with Crippen molar-refractivity contribution < 1.29 is 14.3 Å². The Hall–Kier alpha value is -0.780. The molecule has 1 aliphatic heterocycles. The van der Waals surface area contributed by atoms with Crippen LogP contribution in [0.2, 0.25) is 0 Å². The molecule has 0 N–H and O–H groups in total. The van der Waals surface area contributed by atoms with Crippen LogP contribution in [0.4, 0.5) is 0 Å². The van der Waals surface area contributed by atoms with Gasteiger partial charge >= 0.3 is 5.97 Å². The number of esters is 1. The van der Waals surface area contributed by atoms with E-state index < -0.39 is 0 Å². The largest absolute Gasteiger partial charge is 0.489 e. The maximum Gasteiger partial charge on any atom is 0.308 e. The van der Waals surface area contributed by atoms with Gasteiger partial charge in [0, 0.05) is 23.3 Å². The molecular formula is C15H19IO3. The average Bonchev–Trinajstić information content (AvgIpc) is 2.76. The summed E-state index contributed by atoms with van der Waals surface area (Å²) in [6.07, 6.45) is 2.23. The number of carbonyl (C=O) groups excluding carboxylic acids is 1. The number of hydrogen-bond donors (Lipinski definition) is 0. The van der Waals surface area contributed by atoms with Gasteiger partial charge in [-0.2, -0.15) is 0 Å². The van der Waals surface area contributed by atoms with E-state index in [9.17, 15) is 4.79 Å². The van der Waals surface area contributed by atoms with E-state index in [2.05, 4.69) is 22.6 Å². The summed E-state index contributed by atoms with van der Waals surface area (Å²) in [4.78, 5) is 11.2. The maximum atomic E-state index is 11.2. The molecule has 2 rings (SSSR count). The first-order chi connectivity index (χ1) is 8.95. The molecule has 0 saturated carbocycles. The van der Waals surface area contributed by atoms with E-state index in [1.165, 1.54) is 12.5 Å². The summed E-state index contributed by atoms with van der Waals surface area (Å²) in [7, 11) is 0. The highest BCUT2D eigenvalue weighted by Crippen LogP contribution is 2.42. The monoisotopic (exact) mass is 374 g/mol. The summed E-state index contributed by atoms with van der Waals surface area (Å²) in [5.41, 5.74) is 4.34. The van der Waals surface area contributed by atoms with Crippen molar-refractivity contribution in [3.05, 3.63) is 22.3 Å². The zero-order valence-electron chi connectivity index (χ0n) is 11.8. The highest BCUT2D eigenvalue weighted by Gasteiger charge is 2.29. The van der Waals surface area contributed by atoms with E-state index in [1.807, 2.05) is 20.8 Å². The van der Waals surface area contributed by atoms with Crippen LogP contribution in [0.3, 0.4) is 0 Å². The Kier molecular flexibility index (Phi) is 4.38. The number of carbonyl (C=O) groups is 1. The second kappa shape index (κ2) is 5.69. The smallest absolute Gasteiger partial charge is 0.308 e. The standard InChI is InChI=1S/C15H19IO3/c1-8-9(2)15-13(7-12(19-15)5-6-16)10(3)14(8)18-11(4)17/h12H,5-7H2,1-4H3. The van der Waals surface area contributed by atoms with E-state index in [1.54, 1.807) is 0 Å². The van der Waals surface area contributed by atoms with Gasteiger partial charge in [0.15, 0.2) is 0 Å². The molecule has 0 aromatic heterocycles. The van der Waals surface area contributed by atoms with Crippen LogP contribution in [-0.4, -0.2) is 16.5 Å². The van der Waals surface area contributed by atoms with Gasteiger partial charge in [-0.1, -0.05) is 22.6 Å². The Labute approximate surface area is 127 Å². The molecule has 19 heavy (non-hydrogen) atoms. The van der Waals surface area contributed by atoms with Crippen molar-refractivity contribution in [1.29, 1.82) is 0 Å². The first-order valence-corrected chi connectivity index (χ1v) is 8.02. The van der Waals surface area contributed by atoms with Crippen molar-refractivity contribution in [1.82, 2.24) is 0 Å². The lowest BCUT2D eigenvalue weighted by Crippen LogP contribution is -2.13. The summed E-state index contributed by atoms with van der Waals surface area (Å²) in [6, 6.07) is 0. The third-order valence-electron chi connectivity index (χ3n) is 3.70. The first-order valence-electron chi connectivity index (χ1n) is 6.49. The van der Waals surface area contributed by atoms with E-state index in [4.69, 9.17) is 9.47 Å². The number of halogens is 1. The zero-order chi connectivity index (χ0) is 14.2. The number of ether oxygens (including phenoxy) is 2. The summed E-state index contributed by atoms with van der Waals surface area (Å²) >= 11 is 2.37. The lowest BCUT2D eigenvalue weighted by atomic mass is 9.95. The van der Waals surface area contributed by atoms with Gasteiger partial charge in [0.25, 0.3) is 0 Å². The van der Waals surface area contributed by atoms with Crippen molar-refractivity contribution in [3.8, 4) is 11.5 Å². The Balaban J connectivity index is 2.46. The minimum Gasteiger partial charge on any atom is -0.489 e. The van der Waals surface area contributed by atoms with Gasteiger partial charge in [0.05, 0.1) is 0 Å². The fourth-order valence-corrected chi connectivity index (χ4v) is 3.27. The lowest BCUT2D eigenvalue weighted by Gasteiger charge is -2.16. The molecule has 104 valence electrons. The van der Waals surface area contributed by atoms with Crippen molar-refractivity contribution in [2.75, 3.05) is 4.43 Å². The van der Waals surface area contributed by atoms with E-state index in [0.29, 0.717) is 5.75 Å². The summed E-state index contributed by atoms with van der Waals surface area (Å²) in [5.74, 6) is 1.44. The van der Waals surface area contributed by atoms with Crippen molar-refractivity contribution >= 4 is 28.6 Å². The molecule has 1 aromatic rings. The average molecular weight is 374 g/mol. The molecule has 0 aliphatic carbocycles. The number of hydrogen-bond acceptors (Lipinski definition) is 3. The number of fused-ring (bicyclic) bond motifs is 1. The van der Waals surface area contributed by atoms with Crippen LogP contribution in [0.5, 0.6) is 11.5 Å². The normalized spacial score (nSPS) is 17.0. The fraction of sp³-hybridized carbons (Fsp3) is 0.533. The van der Waals surface area contributed by atoms with Gasteiger partial charge in [-0.3, -0.25) is 4.79 Å². The third kappa shape index (κ3) is 2.73. The van der Waals surface area contributed by atoms with Crippen LogP contribution in [0.1, 0.15) is 35.6 Å². The molecule has 0 radical (unpaired) electrons. The molecule has 0 spiro atoms. The number of alkyl halides is 1. The molecule has 0 bridgehead atoms. The van der Waals surface area contributed by atoms with Crippen molar-refractivity contribution in [3.63, 3.8) is 0 Å². The van der Waals surface area contributed by atoms with Gasteiger partial charge in [0.1, 0.15) is 17.6 Å². The topological polar surface area (TPSA) is 35.5 Å². The van der Waals surface area contributed by atoms with Crippen molar-refractivity contribution in [2.24, 2.45) is 0 Å². The lowest BCUT2D eigenvalue weighted by molar-refractivity contribution is -0.131. The molecule has 1 aromatic carbocycles. The third-order valence-corrected chi connectivity index (χ3v) is 4.33. The van der Waals surface area contributed by atoms with Gasteiger partial charge < -0.3 is 9.47 Å². The van der Waals surface area contributed by atoms with E-state index >= 15 is 0 Å².